The number of nitrogens with one attached hydrogen (secondary N) is 2. The van der Waals surface area contributed by atoms with Crippen LogP contribution in [0.15, 0.2) is 0 Å². The minimum absolute atomic E-state index is 0.0508. The van der Waals surface area contributed by atoms with E-state index < -0.39 is 48.4 Å². The summed E-state index contributed by atoms with van der Waals surface area (Å²) in [6.07, 6.45) is -2.81. The largest absolute Gasteiger partial charge is 0.481 e. The molecule has 0 saturated carbocycles. The molecule has 1 heterocycles. The Hall–Kier alpha value is -2.77. The quantitative estimate of drug-likeness (QED) is 0.208. The van der Waals surface area contributed by atoms with Gasteiger partial charge >= 0.3 is 17.9 Å². The molecular formula is C21H34N2O11. The van der Waals surface area contributed by atoms with E-state index in [4.69, 9.17) is 28.8 Å². The topological polar surface area (TPSA) is 176 Å². The van der Waals surface area contributed by atoms with Crippen LogP contribution in [-0.4, -0.2) is 92.3 Å². The lowest BCUT2D eigenvalue weighted by Crippen LogP contribution is -2.63. The fourth-order valence-corrected chi connectivity index (χ4v) is 3.26. The number of aliphatic carboxylic acids is 1. The molecule has 13 heteroatoms. The third-order valence-corrected chi connectivity index (χ3v) is 4.83. The number of carbonyl (C=O) groups is 5. The molecule has 0 bridgehead atoms. The predicted molar refractivity (Wildman–Crippen MR) is 114 cm³/mol. The highest BCUT2D eigenvalue weighted by Crippen LogP contribution is 2.29. The number of amides is 2. The monoisotopic (exact) mass is 490 g/mol. The summed E-state index contributed by atoms with van der Waals surface area (Å²) in [6.45, 7) is 6.03. The SMILES string of the molecule is CC(=O)NC1C(OCCOCCNC(=O)CCC(=O)O)OC(COC(C)=O)C(C)C1OC(C)=O. The molecule has 5 atom stereocenters. The van der Waals surface area contributed by atoms with E-state index in [0.29, 0.717) is 0 Å². The predicted octanol–water partition coefficient (Wildman–Crippen LogP) is -0.639. The van der Waals surface area contributed by atoms with Crippen molar-refractivity contribution in [3.63, 3.8) is 0 Å². The van der Waals surface area contributed by atoms with Gasteiger partial charge < -0.3 is 39.4 Å². The van der Waals surface area contributed by atoms with E-state index >= 15 is 0 Å². The van der Waals surface area contributed by atoms with Crippen LogP contribution in [0.25, 0.3) is 0 Å². The maximum absolute atomic E-state index is 11.8. The Morgan fingerprint density at radius 2 is 1.68 bits per heavy atom. The third-order valence-electron chi connectivity index (χ3n) is 4.83. The maximum Gasteiger partial charge on any atom is 0.303 e. The highest BCUT2D eigenvalue weighted by molar-refractivity contribution is 5.80. The number of esters is 2. The van der Waals surface area contributed by atoms with Crippen molar-refractivity contribution in [3.05, 3.63) is 0 Å². The Bertz CT molecular complexity index is 715. The summed E-state index contributed by atoms with van der Waals surface area (Å²) in [7, 11) is 0. The molecule has 0 spiro atoms. The van der Waals surface area contributed by atoms with E-state index in [0.717, 1.165) is 0 Å². The van der Waals surface area contributed by atoms with Crippen LogP contribution < -0.4 is 10.6 Å². The van der Waals surface area contributed by atoms with Crippen molar-refractivity contribution in [1.82, 2.24) is 10.6 Å². The number of carbonyl (C=O) groups excluding carboxylic acids is 4. The van der Waals surface area contributed by atoms with Crippen LogP contribution >= 0.6 is 0 Å². The molecule has 1 saturated heterocycles. The number of carboxylic acids is 1. The Balaban J connectivity index is 2.62. The van der Waals surface area contributed by atoms with Gasteiger partial charge in [-0.2, -0.15) is 0 Å². The van der Waals surface area contributed by atoms with E-state index in [9.17, 15) is 24.0 Å². The molecule has 1 aliphatic heterocycles. The van der Waals surface area contributed by atoms with Crippen molar-refractivity contribution >= 4 is 29.7 Å². The average molecular weight is 491 g/mol. The van der Waals surface area contributed by atoms with Crippen LogP contribution in [0.3, 0.4) is 0 Å². The van der Waals surface area contributed by atoms with Gasteiger partial charge in [-0.3, -0.25) is 24.0 Å². The number of carboxylic acid groups (broad SMARTS) is 1. The second-order valence-corrected chi connectivity index (χ2v) is 7.73. The molecule has 3 N–H and O–H groups in total. The molecule has 0 radical (unpaired) electrons. The summed E-state index contributed by atoms with van der Waals surface area (Å²) in [6, 6.07) is -0.807. The van der Waals surface area contributed by atoms with Crippen molar-refractivity contribution in [2.45, 2.75) is 65.1 Å². The summed E-state index contributed by atoms with van der Waals surface area (Å²) in [5.74, 6) is -3.27. The number of hydrogen-bond donors (Lipinski definition) is 3. The molecule has 194 valence electrons. The highest BCUT2D eigenvalue weighted by Gasteiger charge is 2.47. The van der Waals surface area contributed by atoms with Gasteiger partial charge in [-0.15, -0.1) is 0 Å². The molecule has 1 aliphatic rings. The van der Waals surface area contributed by atoms with E-state index in [-0.39, 0.29) is 57.6 Å². The Kier molecular flexibility index (Phi) is 13.1. The first-order chi connectivity index (χ1) is 16.0. The molecular weight excluding hydrogens is 456 g/mol. The van der Waals surface area contributed by atoms with Crippen LogP contribution in [0.1, 0.15) is 40.5 Å². The third kappa shape index (κ3) is 11.4. The van der Waals surface area contributed by atoms with Gasteiger partial charge in [0.2, 0.25) is 11.8 Å². The fraction of sp³-hybridized carbons (Fsp3) is 0.762. The van der Waals surface area contributed by atoms with Crippen LogP contribution in [0.5, 0.6) is 0 Å². The average Bonchev–Trinajstić information content (AvgIpc) is 2.73. The van der Waals surface area contributed by atoms with Crippen LogP contribution in [-0.2, 0) is 47.7 Å². The van der Waals surface area contributed by atoms with Crippen LogP contribution in [0.2, 0.25) is 0 Å². The molecule has 0 aromatic heterocycles. The molecule has 0 aromatic rings. The minimum atomic E-state index is -1.05. The normalized spacial score (nSPS) is 24.1. The summed E-state index contributed by atoms with van der Waals surface area (Å²) in [5.41, 5.74) is 0. The highest BCUT2D eigenvalue weighted by atomic mass is 16.7. The van der Waals surface area contributed by atoms with Crippen molar-refractivity contribution < 1.29 is 52.8 Å². The van der Waals surface area contributed by atoms with E-state index in [1.54, 1.807) is 6.92 Å². The number of hydrogen-bond acceptors (Lipinski definition) is 10. The van der Waals surface area contributed by atoms with E-state index in [1.807, 2.05) is 0 Å². The number of ether oxygens (including phenoxy) is 5. The molecule has 1 rings (SSSR count). The van der Waals surface area contributed by atoms with Gasteiger partial charge in [0.05, 0.1) is 26.2 Å². The first kappa shape index (κ1) is 29.3. The van der Waals surface area contributed by atoms with Crippen LogP contribution in [0, 0.1) is 5.92 Å². The molecule has 5 unspecified atom stereocenters. The van der Waals surface area contributed by atoms with Crippen LogP contribution in [0.4, 0.5) is 0 Å². The first-order valence-electron chi connectivity index (χ1n) is 10.9. The molecule has 0 aromatic carbocycles. The first-order valence-corrected chi connectivity index (χ1v) is 10.9. The lowest BCUT2D eigenvalue weighted by molar-refractivity contribution is -0.261. The standard InChI is InChI=1S/C21H34N2O11/c1-12-16(11-32-14(3)25)34-21(19(23-13(2)24)20(12)33-15(4)26)31-10-9-30-8-7-22-17(27)5-6-18(28)29/h12,16,19-21H,5-11H2,1-4H3,(H,22,27)(H,23,24)(H,28,29). The zero-order valence-electron chi connectivity index (χ0n) is 19.9. The van der Waals surface area contributed by atoms with Gasteiger partial charge in [0.1, 0.15) is 24.9 Å². The maximum atomic E-state index is 11.8. The molecule has 2 amide bonds. The smallest absolute Gasteiger partial charge is 0.303 e. The minimum Gasteiger partial charge on any atom is -0.481 e. The second-order valence-electron chi connectivity index (χ2n) is 7.73. The Morgan fingerprint density at radius 1 is 0.971 bits per heavy atom. The van der Waals surface area contributed by atoms with E-state index in [2.05, 4.69) is 10.6 Å². The van der Waals surface area contributed by atoms with Gasteiger partial charge in [-0.1, -0.05) is 6.92 Å². The van der Waals surface area contributed by atoms with Gasteiger partial charge in [0.25, 0.3) is 0 Å². The second kappa shape index (κ2) is 15.2. The molecule has 1 fully saturated rings. The fourth-order valence-electron chi connectivity index (χ4n) is 3.26. The zero-order valence-corrected chi connectivity index (χ0v) is 19.9. The summed E-state index contributed by atoms with van der Waals surface area (Å²) in [5, 5.41) is 13.8. The lowest BCUT2D eigenvalue weighted by Gasteiger charge is -2.44. The van der Waals surface area contributed by atoms with Crippen molar-refractivity contribution in [1.29, 1.82) is 0 Å². The number of rotatable bonds is 14. The zero-order chi connectivity index (χ0) is 25.7. The van der Waals surface area contributed by atoms with Gasteiger partial charge in [0, 0.05) is 39.7 Å². The van der Waals surface area contributed by atoms with Crippen molar-refractivity contribution in [3.8, 4) is 0 Å². The Labute approximate surface area is 197 Å². The van der Waals surface area contributed by atoms with Gasteiger partial charge in [-0.05, 0) is 0 Å². The Morgan fingerprint density at radius 3 is 2.26 bits per heavy atom. The van der Waals surface area contributed by atoms with Gasteiger partial charge in [-0.25, -0.2) is 0 Å². The summed E-state index contributed by atoms with van der Waals surface area (Å²) < 4.78 is 27.5. The summed E-state index contributed by atoms with van der Waals surface area (Å²) in [4.78, 5) is 56.6. The molecule has 34 heavy (non-hydrogen) atoms. The van der Waals surface area contributed by atoms with E-state index in [1.165, 1.54) is 20.8 Å². The van der Waals surface area contributed by atoms with Crippen molar-refractivity contribution in [2.24, 2.45) is 5.92 Å². The lowest BCUT2D eigenvalue weighted by atomic mass is 9.89. The van der Waals surface area contributed by atoms with Crippen molar-refractivity contribution in [2.75, 3.05) is 33.0 Å². The van der Waals surface area contributed by atoms with Gasteiger partial charge in [0.15, 0.2) is 6.29 Å². The molecule has 13 nitrogen and oxygen atoms in total. The molecule has 0 aliphatic carbocycles. The summed E-state index contributed by atoms with van der Waals surface area (Å²) >= 11 is 0.